The highest BCUT2D eigenvalue weighted by molar-refractivity contribution is 7.92. The molecule has 7 nitrogen and oxygen atoms in total. The van der Waals surface area contributed by atoms with Crippen molar-refractivity contribution in [3.63, 3.8) is 0 Å². The molecule has 2 heterocycles. The van der Waals surface area contributed by atoms with Crippen molar-refractivity contribution in [3.8, 4) is 0 Å². The number of rotatable bonds is 2. The van der Waals surface area contributed by atoms with Gasteiger partial charge in [0.1, 0.15) is 0 Å². The number of nitrogens with one attached hydrogen (secondary N) is 2. The van der Waals surface area contributed by atoms with Crippen molar-refractivity contribution in [1.82, 2.24) is 9.97 Å². The Labute approximate surface area is 120 Å². The monoisotopic (exact) mass is 307 g/mol. The molecule has 0 unspecified atom stereocenters. The highest BCUT2D eigenvalue weighted by Crippen LogP contribution is 2.35. The van der Waals surface area contributed by atoms with Crippen LogP contribution in [0.2, 0.25) is 0 Å². The molecule has 0 saturated carbocycles. The summed E-state index contributed by atoms with van der Waals surface area (Å²) in [5.41, 5.74) is -0.186. The standard InChI is InChI=1S/C13H13N3O4S/c1-8-6-9-4-2-3-5-10(9)16(8)21(19,20)11-7-14-13(18)15-12(11)17/h2-5,7-8H,6H2,1H3,(H2,14,15,17,18)/t8-/m1/s1. The van der Waals surface area contributed by atoms with E-state index in [2.05, 4.69) is 4.98 Å². The molecule has 1 aromatic heterocycles. The number of anilines is 1. The first-order chi connectivity index (χ1) is 9.91. The van der Waals surface area contributed by atoms with E-state index in [1.807, 2.05) is 17.1 Å². The van der Waals surface area contributed by atoms with Crippen molar-refractivity contribution in [2.24, 2.45) is 0 Å². The predicted molar refractivity (Wildman–Crippen MR) is 77.0 cm³/mol. The fourth-order valence-electron chi connectivity index (χ4n) is 2.60. The molecule has 0 amide bonds. The second-order valence-corrected chi connectivity index (χ2v) is 6.70. The normalized spacial score (nSPS) is 17.8. The summed E-state index contributed by atoms with van der Waals surface area (Å²) in [6, 6.07) is 6.86. The van der Waals surface area contributed by atoms with Gasteiger partial charge < -0.3 is 4.98 Å². The molecular formula is C13H13N3O4S. The molecule has 0 fully saturated rings. The maximum Gasteiger partial charge on any atom is 0.325 e. The van der Waals surface area contributed by atoms with Gasteiger partial charge in [-0.1, -0.05) is 18.2 Å². The summed E-state index contributed by atoms with van der Waals surface area (Å²) in [5.74, 6) is 0. The largest absolute Gasteiger partial charge is 0.325 e. The summed E-state index contributed by atoms with van der Waals surface area (Å²) in [6.45, 7) is 1.78. The van der Waals surface area contributed by atoms with Gasteiger partial charge in [0.05, 0.1) is 5.69 Å². The number of benzene rings is 1. The van der Waals surface area contributed by atoms with E-state index in [9.17, 15) is 18.0 Å². The molecule has 2 aromatic rings. The summed E-state index contributed by atoms with van der Waals surface area (Å²) < 4.78 is 26.7. The minimum Gasteiger partial charge on any atom is -0.313 e. The van der Waals surface area contributed by atoms with E-state index >= 15 is 0 Å². The minimum atomic E-state index is -4.03. The van der Waals surface area contributed by atoms with Gasteiger partial charge in [-0.15, -0.1) is 0 Å². The van der Waals surface area contributed by atoms with Crippen LogP contribution < -0.4 is 15.6 Å². The number of hydrogen-bond donors (Lipinski definition) is 2. The van der Waals surface area contributed by atoms with Crippen molar-refractivity contribution in [2.75, 3.05) is 4.31 Å². The molecule has 0 radical (unpaired) electrons. The molecular weight excluding hydrogens is 294 g/mol. The number of fused-ring (bicyclic) bond motifs is 1. The molecule has 8 heteroatoms. The van der Waals surface area contributed by atoms with E-state index in [1.54, 1.807) is 19.1 Å². The van der Waals surface area contributed by atoms with Crippen LogP contribution in [0.5, 0.6) is 0 Å². The maximum absolute atomic E-state index is 12.7. The van der Waals surface area contributed by atoms with Crippen LogP contribution in [-0.2, 0) is 16.4 Å². The fraction of sp³-hybridized carbons (Fsp3) is 0.231. The van der Waals surface area contributed by atoms with E-state index in [4.69, 9.17) is 0 Å². The lowest BCUT2D eigenvalue weighted by Crippen LogP contribution is -2.39. The average Bonchev–Trinajstić information content (AvgIpc) is 2.74. The number of aromatic amines is 2. The van der Waals surface area contributed by atoms with Gasteiger partial charge in [0, 0.05) is 12.2 Å². The topological polar surface area (TPSA) is 103 Å². The lowest BCUT2D eigenvalue weighted by molar-refractivity contribution is 0.582. The number of H-pyrrole nitrogens is 2. The molecule has 0 spiro atoms. The van der Waals surface area contributed by atoms with E-state index < -0.39 is 26.2 Å². The van der Waals surface area contributed by atoms with Crippen LogP contribution in [0.25, 0.3) is 0 Å². The highest BCUT2D eigenvalue weighted by Gasteiger charge is 2.37. The Morgan fingerprint density at radius 2 is 1.95 bits per heavy atom. The smallest absolute Gasteiger partial charge is 0.313 e. The average molecular weight is 307 g/mol. The summed E-state index contributed by atoms with van der Waals surface area (Å²) in [4.78, 5) is 26.5. The van der Waals surface area contributed by atoms with E-state index in [0.29, 0.717) is 12.1 Å². The van der Waals surface area contributed by atoms with Crippen LogP contribution >= 0.6 is 0 Å². The second-order valence-electron chi connectivity index (χ2n) is 4.92. The van der Waals surface area contributed by atoms with Gasteiger partial charge in [0.15, 0.2) is 4.90 Å². The second kappa shape index (κ2) is 4.59. The third-order valence-corrected chi connectivity index (χ3v) is 5.40. The first kappa shape index (κ1) is 13.6. The molecule has 1 aliphatic heterocycles. The number of hydrogen-bond acceptors (Lipinski definition) is 4. The van der Waals surface area contributed by atoms with E-state index in [1.165, 1.54) is 4.31 Å². The third-order valence-electron chi connectivity index (χ3n) is 3.47. The number of aromatic nitrogens is 2. The molecule has 2 N–H and O–H groups in total. The molecule has 21 heavy (non-hydrogen) atoms. The highest BCUT2D eigenvalue weighted by atomic mass is 32.2. The Bertz CT molecular complexity index is 913. The van der Waals surface area contributed by atoms with Crippen molar-refractivity contribution < 1.29 is 8.42 Å². The predicted octanol–water partition coefficient (Wildman–Crippen LogP) is 0.203. The zero-order chi connectivity index (χ0) is 15.2. The number of para-hydroxylation sites is 1. The Kier molecular flexibility index (Phi) is 2.98. The molecule has 0 aliphatic carbocycles. The molecule has 1 atom stereocenters. The van der Waals surface area contributed by atoms with Crippen LogP contribution in [0.1, 0.15) is 12.5 Å². The van der Waals surface area contributed by atoms with Crippen molar-refractivity contribution in [2.45, 2.75) is 24.3 Å². The van der Waals surface area contributed by atoms with Crippen LogP contribution in [0.4, 0.5) is 5.69 Å². The summed E-state index contributed by atoms with van der Waals surface area (Å²) >= 11 is 0. The SMILES string of the molecule is C[C@@H]1Cc2ccccc2N1S(=O)(=O)c1c[nH]c(=O)[nH]c1=O. The Morgan fingerprint density at radius 3 is 2.67 bits per heavy atom. The molecule has 1 aromatic carbocycles. The van der Waals surface area contributed by atoms with Crippen LogP contribution in [0.3, 0.4) is 0 Å². The summed E-state index contributed by atoms with van der Waals surface area (Å²) in [5, 5.41) is 0. The Balaban J connectivity index is 2.19. The molecule has 3 rings (SSSR count). The van der Waals surface area contributed by atoms with Gasteiger partial charge >= 0.3 is 5.69 Å². The Morgan fingerprint density at radius 1 is 1.24 bits per heavy atom. The van der Waals surface area contributed by atoms with Gasteiger partial charge in [-0.2, -0.15) is 0 Å². The summed E-state index contributed by atoms with van der Waals surface area (Å²) in [6.07, 6.45) is 1.51. The fourth-order valence-corrected chi connectivity index (χ4v) is 4.29. The first-order valence-electron chi connectivity index (χ1n) is 6.35. The van der Waals surface area contributed by atoms with Crippen LogP contribution in [0, 0.1) is 0 Å². The molecule has 0 saturated heterocycles. The van der Waals surface area contributed by atoms with Gasteiger partial charge in [0.25, 0.3) is 15.6 Å². The maximum atomic E-state index is 12.7. The third kappa shape index (κ3) is 2.07. The van der Waals surface area contributed by atoms with Gasteiger partial charge in [-0.05, 0) is 25.0 Å². The quantitative estimate of drug-likeness (QED) is 0.827. The van der Waals surface area contributed by atoms with Crippen molar-refractivity contribution >= 4 is 15.7 Å². The Hall–Kier alpha value is -2.35. The van der Waals surface area contributed by atoms with Gasteiger partial charge in [-0.3, -0.25) is 14.1 Å². The lowest BCUT2D eigenvalue weighted by atomic mass is 10.1. The van der Waals surface area contributed by atoms with E-state index in [0.717, 1.165) is 11.8 Å². The van der Waals surface area contributed by atoms with Crippen molar-refractivity contribution in [3.05, 3.63) is 56.9 Å². The first-order valence-corrected chi connectivity index (χ1v) is 7.79. The van der Waals surface area contributed by atoms with Gasteiger partial charge in [-0.25, -0.2) is 13.2 Å². The minimum absolute atomic E-state index is 0.293. The number of sulfonamides is 1. The molecule has 1 aliphatic rings. The molecule has 0 bridgehead atoms. The van der Waals surface area contributed by atoms with E-state index in [-0.39, 0.29) is 6.04 Å². The van der Waals surface area contributed by atoms with Crippen LogP contribution in [-0.4, -0.2) is 24.4 Å². The van der Waals surface area contributed by atoms with Gasteiger partial charge in [0.2, 0.25) is 0 Å². The lowest BCUT2D eigenvalue weighted by Gasteiger charge is -2.23. The number of nitrogens with zero attached hydrogens (tertiary/aromatic N) is 1. The van der Waals surface area contributed by atoms with Crippen LogP contribution in [0.15, 0.2) is 44.9 Å². The molecule has 110 valence electrons. The zero-order valence-corrected chi connectivity index (χ0v) is 12.0. The zero-order valence-electron chi connectivity index (χ0n) is 11.2. The summed E-state index contributed by atoms with van der Waals surface area (Å²) in [7, 11) is -4.03. The van der Waals surface area contributed by atoms with Crippen molar-refractivity contribution in [1.29, 1.82) is 0 Å².